The number of rotatable bonds is 13. The predicted molar refractivity (Wildman–Crippen MR) is 150 cm³/mol. The lowest BCUT2D eigenvalue weighted by atomic mass is 10.2. The van der Waals surface area contributed by atoms with Gasteiger partial charge in [-0.05, 0) is 51.2 Å². The van der Waals surface area contributed by atoms with E-state index in [0.717, 1.165) is 18.7 Å². The number of nitrogens with zero attached hydrogens (tertiary/aromatic N) is 5. The number of amides is 2. The van der Waals surface area contributed by atoms with Crippen molar-refractivity contribution in [2.75, 3.05) is 58.0 Å². The highest BCUT2D eigenvalue weighted by atomic mass is 16.2. The molecule has 0 atom stereocenters. The Balaban J connectivity index is 1.84. The number of benzene rings is 1. The van der Waals surface area contributed by atoms with Gasteiger partial charge >= 0.3 is 0 Å². The normalized spacial score (nSPS) is 10.4. The summed E-state index contributed by atoms with van der Waals surface area (Å²) in [6.07, 6.45) is 7.11. The van der Waals surface area contributed by atoms with E-state index in [4.69, 9.17) is 5.26 Å². The summed E-state index contributed by atoms with van der Waals surface area (Å²) < 4.78 is 0. The van der Waals surface area contributed by atoms with Crippen molar-refractivity contribution in [1.29, 1.82) is 5.26 Å². The van der Waals surface area contributed by atoms with Crippen molar-refractivity contribution < 1.29 is 9.59 Å². The number of nitriles is 1. The Morgan fingerprint density at radius 1 is 1.13 bits per heavy atom. The summed E-state index contributed by atoms with van der Waals surface area (Å²) in [5.74, 6) is 6.89. The van der Waals surface area contributed by atoms with Crippen LogP contribution in [0.5, 0.6) is 0 Å². The second-order valence-corrected chi connectivity index (χ2v) is 8.81. The van der Waals surface area contributed by atoms with Gasteiger partial charge in [-0.25, -0.2) is 4.98 Å². The van der Waals surface area contributed by atoms with Gasteiger partial charge in [0.2, 0.25) is 17.8 Å². The van der Waals surface area contributed by atoms with Crippen molar-refractivity contribution >= 4 is 29.3 Å². The summed E-state index contributed by atoms with van der Waals surface area (Å²) in [4.78, 5) is 36.4. The molecule has 0 aliphatic rings. The molecule has 0 aliphatic carbocycles. The van der Waals surface area contributed by atoms with Gasteiger partial charge in [-0.3, -0.25) is 9.59 Å². The van der Waals surface area contributed by atoms with Crippen molar-refractivity contribution in [3.8, 4) is 17.9 Å². The summed E-state index contributed by atoms with van der Waals surface area (Å²) in [5, 5.41) is 18.2. The maximum Gasteiger partial charge on any atom is 0.246 e. The molecule has 1 aromatic carbocycles. The minimum Gasteiger partial charge on any atom is -0.369 e. The number of unbranched alkanes of at least 4 members (excludes halogenated alkanes) is 1. The molecular weight excluding hydrogens is 480 g/mol. The average Bonchev–Trinajstić information content (AvgIpc) is 2.90. The van der Waals surface area contributed by atoms with Crippen LogP contribution in [-0.2, 0) is 9.59 Å². The summed E-state index contributed by atoms with van der Waals surface area (Å²) in [5.41, 5.74) is 2.05. The predicted octanol–water partition coefficient (Wildman–Crippen LogP) is 2.74. The minimum absolute atomic E-state index is 0.00344. The molecule has 10 nitrogen and oxygen atoms in total. The van der Waals surface area contributed by atoms with E-state index in [1.165, 1.54) is 11.0 Å². The third kappa shape index (κ3) is 11.1. The highest BCUT2D eigenvalue weighted by Crippen LogP contribution is 2.17. The lowest BCUT2D eigenvalue weighted by molar-refractivity contribution is -0.131. The van der Waals surface area contributed by atoms with Gasteiger partial charge in [0.1, 0.15) is 5.82 Å². The fraction of sp³-hybridized carbons (Fsp3) is 0.393. The van der Waals surface area contributed by atoms with Gasteiger partial charge < -0.3 is 25.8 Å². The van der Waals surface area contributed by atoms with Crippen molar-refractivity contribution in [3.05, 3.63) is 53.7 Å². The number of carbonyl (C=O) groups is 2. The first kappa shape index (κ1) is 29.8. The van der Waals surface area contributed by atoms with Crippen molar-refractivity contribution in [2.45, 2.75) is 26.2 Å². The third-order valence-corrected chi connectivity index (χ3v) is 5.11. The van der Waals surface area contributed by atoms with Gasteiger partial charge in [0, 0.05) is 44.9 Å². The number of anilines is 3. The van der Waals surface area contributed by atoms with Crippen molar-refractivity contribution in [3.63, 3.8) is 0 Å². The van der Waals surface area contributed by atoms with Crippen LogP contribution in [0.2, 0.25) is 0 Å². The number of carbonyl (C=O) groups excluding carboxylic acids is 2. The molecule has 0 bridgehead atoms. The second-order valence-electron chi connectivity index (χ2n) is 8.81. The van der Waals surface area contributed by atoms with Crippen LogP contribution in [-0.4, -0.2) is 78.9 Å². The number of hydrogen-bond acceptors (Lipinski definition) is 8. The summed E-state index contributed by atoms with van der Waals surface area (Å²) >= 11 is 0. The van der Waals surface area contributed by atoms with E-state index in [1.807, 2.05) is 19.0 Å². The lowest BCUT2D eigenvalue weighted by Crippen LogP contribution is -2.38. The zero-order chi connectivity index (χ0) is 27.8. The fourth-order valence-corrected chi connectivity index (χ4v) is 3.07. The van der Waals surface area contributed by atoms with E-state index < -0.39 is 0 Å². The first-order chi connectivity index (χ1) is 18.3. The quantitative estimate of drug-likeness (QED) is 0.211. The molecule has 2 aromatic rings. The topological polar surface area (TPSA) is 126 Å². The average molecular weight is 517 g/mol. The maximum atomic E-state index is 12.1. The van der Waals surface area contributed by atoms with Crippen LogP contribution in [0.25, 0.3) is 0 Å². The molecule has 10 heteroatoms. The van der Waals surface area contributed by atoms with Crippen LogP contribution in [0.3, 0.4) is 0 Å². The molecule has 3 N–H and O–H groups in total. The van der Waals surface area contributed by atoms with E-state index >= 15 is 0 Å². The molecule has 0 radical (unpaired) electrons. The van der Waals surface area contributed by atoms with Crippen LogP contribution in [0.4, 0.5) is 17.5 Å². The molecular formula is C28H36N8O2. The summed E-state index contributed by atoms with van der Waals surface area (Å²) in [7, 11) is 5.44. The van der Waals surface area contributed by atoms with Gasteiger partial charge in [-0.1, -0.05) is 24.8 Å². The maximum absolute atomic E-state index is 12.1. The molecule has 0 fully saturated rings. The van der Waals surface area contributed by atoms with Crippen LogP contribution in [0.1, 0.15) is 37.3 Å². The first-order valence-electron chi connectivity index (χ1n) is 12.5. The Morgan fingerprint density at radius 2 is 1.89 bits per heavy atom. The Kier molecular flexibility index (Phi) is 12.8. The zero-order valence-corrected chi connectivity index (χ0v) is 22.5. The van der Waals surface area contributed by atoms with E-state index in [9.17, 15) is 9.59 Å². The molecule has 0 unspecified atom stereocenters. The number of nitrogens with one attached hydrogen (secondary N) is 3. The Bertz CT molecular complexity index is 1190. The van der Waals surface area contributed by atoms with E-state index in [2.05, 4.69) is 50.8 Å². The Hall–Kier alpha value is -4.41. The molecule has 200 valence electrons. The summed E-state index contributed by atoms with van der Waals surface area (Å²) in [6.45, 7) is 3.95. The van der Waals surface area contributed by atoms with Crippen LogP contribution in [0.15, 0.2) is 42.6 Å². The van der Waals surface area contributed by atoms with Gasteiger partial charge in [0.15, 0.2) is 0 Å². The molecule has 2 amide bonds. The lowest BCUT2D eigenvalue weighted by Gasteiger charge is -2.14. The molecule has 0 saturated heterocycles. The highest BCUT2D eigenvalue weighted by molar-refractivity contribution is 5.91. The number of likely N-dealkylation sites (N-methyl/N-ethyl adjacent to an activating group) is 2. The SMILES string of the molecule is CCCNc1nc(Nc2ccc(C#N)cc2)ncc1C#CCCCNC(=O)CN(C)C(=O)C=CCN(C)C. The van der Waals surface area contributed by atoms with Crippen molar-refractivity contribution in [2.24, 2.45) is 0 Å². The molecule has 0 saturated carbocycles. The highest BCUT2D eigenvalue weighted by Gasteiger charge is 2.10. The number of aromatic nitrogens is 2. The molecule has 0 aliphatic heterocycles. The Morgan fingerprint density at radius 3 is 2.58 bits per heavy atom. The fourth-order valence-electron chi connectivity index (χ4n) is 3.07. The largest absolute Gasteiger partial charge is 0.369 e. The van der Waals surface area contributed by atoms with Crippen molar-refractivity contribution in [1.82, 2.24) is 25.1 Å². The van der Waals surface area contributed by atoms with Crippen LogP contribution >= 0.6 is 0 Å². The van der Waals surface area contributed by atoms with E-state index in [-0.39, 0.29) is 18.4 Å². The smallest absolute Gasteiger partial charge is 0.246 e. The molecule has 1 heterocycles. The minimum atomic E-state index is -0.209. The third-order valence-electron chi connectivity index (χ3n) is 5.11. The summed E-state index contributed by atoms with van der Waals surface area (Å²) in [6, 6.07) is 9.14. The van der Waals surface area contributed by atoms with Gasteiger partial charge in [0.25, 0.3) is 0 Å². The van der Waals surface area contributed by atoms with Crippen LogP contribution in [0, 0.1) is 23.2 Å². The second kappa shape index (κ2) is 16.4. The molecule has 1 aromatic heterocycles. The molecule has 2 rings (SSSR count). The van der Waals surface area contributed by atoms with Gasteiger partial charge in [-0.2, -0.15) is 10.2 Å². The molecule has 0 spiro atoms. The standard InChI is InChI=1S/C28H36N8O2/c1-5-16-31-27-23(20-32-28(34-27)33-24-14-12-22(19-29)13-15-24)10-7-6-8-17-30-25(37)21-36(4)26(38)11-9-18-35(2)3/h9,11-15,20H,5-6,8,16-18,21H2,1-4H3,(H,30,37)(H2,31,32,33,34). The zero-order valence-electron chi connectivity index (χ0n) is 22.5. The molecule has 38 heavy (non-hydrogen) atoms. The monoisotopic (exact) mass is 516 g/mol. The Labute approximate surface area is 225 Å². The van der Waals surface area contributed by atoms with Gasteiger partial charge in [0.05, 0.1) is 29.9 Å². The van der Waals surface area contributed by atoms with E-state index in [1.54, 1.807) is 43.6 Å². The van der Waals surface area contributed by atoms with Gasteiger partial charge in [-0.15, -0.1) is 0 Å². The number of hydrogen-bond donors (Lipinski definition) is 3. The van der Waals surface area contributed by atoms with Crippen LogP contribution < -0.4 is 16.0 Å². The first-order valence-corrected chi connectivity index (χ1v) is 12.5. The van der Waals surface area contributed by atoms with E-state index in [0.29, 0.717) is 48.8 Å².